The van der Waals surface area contributed by atoms with Gasteiger partial charge in [-0.3, -0.25) is 4.79 Å². The number of aromatic carboxylic acids is 1. The van der Waals surface area contributed by atoms with Crippen molar-refractivity contribution in [2.45, 2.75) is 4.90 Å². The summed E-state index contributed by atoms with van der Waals surface area (Å²) in [5.41, 5.74) is -0.170. The number of thiol groups is 1. The SMILES string of the molecule is O=C(O)c1nn(-c2ccccc2)c(=O)cc1S. The summed E-state index contributed by atoms with van der Waals surface area (Å²) in [6.45, 7) is 0. The molecular formula is C11H8N2O3S. The monoisotopic (exact) mass is 248 g/mol. The Kier molecular flexibility index (Phi) is 2.97. The molecule has 0 atom stereocenters. The number of nitrogens with zero attached hydrogens (tertiary/aromatic N) is 2. The van der Waals surface area contributed by atoms with E-state index in [-0.39, 0.29) is 10.6 Å². The van der Waals surface area contributed by atoms with Gasteiger partial charge in [0.1, 0.15) is 0 Å². The number of hydrogen-bond donors (Lipinski definition) is 2. The minimum atomic E-state index is -1.22. The van der Waals surface area contributed by atoms with Crippen molar-refractivity contribution < 1.29 is 9.90 Å². The number of carboxylic acid groups (broad SMARTS) is 1. The Morgan fingerprint density at radius 2 is 1.94 bits per heavy atom. The van der Waals surface area contributed by atoms with Crippen LogP contribution >= 0.6 is 12.6 Å². The predicted octanol–water partition coefficient (Wildman–Crippen LogP) is 1.22. The van der Waals surface area contributed by atoms with Crippen LogP contribution in [0, 0.1) is 0 Å². The molecule has 1 heterocycles. The molecule has 0 fully saturated rings. The second-order valence-electron chi connectivity index (χ2n) is 3.27. The van der Waals surface area contributed by atoms with Crippen molar-refractivity contribution in [1.82, 2.24) is 9.78 Å². The fourth-order valence-corrected chi connectivity index (χ4v) is 1.60. The van der Waals surface area contributed by atoms with Crippen LogP contribution in [0.15, 0.2) is 46.1 Å². The maximum Gasteiger partial charge on any atom is 0.357 e. The molecule has 0 unspecified atom stereocenters. The molecule has 17 heavy (non-hydrogen) atoms. The van der Waals surface area contributed by atoms with E-state index in [4.69, 9.17) is 5.11 Å². The van der Waals surface area contributed by atoms with E-state index < -0.39 is 11.5 Å². The van der Waals surface area contributed by atoms with E-state index in [2.05, 4.69) is 17.7 Å². The first-order chi connectivity index (χ1) is 8.09. The number of carboxylic acids is 1. The lowest BCUT2D eigenvalue weighted by Crippen LogP contribution is -2.23. The van der Waals surface area contributed by atoms with E-state index >= 15 is 0 Å². The number of para-hydroxylation sites is 1. The first-order valence-electron chi connectivity index (χ1n) is 4.71. The summed E-state index contributed by atoms with van der Waals surface area (Å²) in [6, 6.07) is 9.72. The third kappa shape index (κ3) is 2.21. The highest BCUT2D eigenvalue weighted by Gasteiger charge is 2.13. The van der Waals surface area contributed by atoms with Crippen LogP contribution in [0.5, 0.6) is 0 Å². The smallest absolute Gasteiger partial charge is 0.357 e. The lowest BCUT2D eigenvalue weighted by atomic mass is 10.3. The minimum absolute atomic E-state index is 0.0506. The van der Waals surface area contributed by atoms with Crippen LogP contribution in [0.25, 0.3) is 5.69 Å². The van der Waals surface area contributed by atoms with Gasteiger partial charge in [0, 0.05) is 11.0 Å². The van der Waals surface area contributed by atoms with Gasteiger partial charge in [0.25, 0.3) is 5.56 Å². The van der Waals surface area contributed by atoms with Gasteiger partial charge in [0.15, 0.2) is 5.69 Å². The highest BCUT2D eigenvalue weighted by Crippen LogP contribution is 2.10. The van der Waals surface area contributed by atoms with Crippen LogP contribution in [-0.2, 0) is 0 Å². The Bertz CT molecular complexity index is 622. The maximum absolute atomic E-state index is 11.7. The van der Waals surface area contributed by atoms with Gasteiger partial charge >= 0.3 is 5.97 Å². The zero-order valence-electron chi connectivity index (χ0n) is 8.57. The van der Waals surface area contributed by atoms with Crippen LogP contribution in [0.1, 0.15) is 10.5 Å². The molecule has 5 nitrogen and oxygen atoms in total. The molecule has 86 valence electrons. The quantitative estimate of drug-likeness (QED) is 0.784. The largest absolute Gasteiger partial charge is 0.476 e. The summed E-state index contributed by atoms with van der Waals surface area (Å²) in [5, 5.41) is 12.7. The lowest BCUT2D eigenvalue weighted by molar-refractivity contribution is 0.0684. The van der Waals surface area contributed by atoms with Crippen molar-refractivity contribution in [3.8, 4) is 5.69 Å². The summed E-state index contributed by atoms with van der Waals surface area (Å²) in [6.07, 6.45) is 0. The van der Waals surface area contributed by atoms with E-state index in [0.29, 0.717) is 5.69 Å². The molecule has 0 bridgehead atoms. The molecule has 1 N–H and O–H groups in total. The number of carbonyl (C=O) groups is 1. The van der Waals surface area contributed by atoms with Crippen molar-refractivity contribution in [1.29, 1.82) is 0 Å². The molecule has 0 aliphatic carbocycles. The van der Waals surface area contributed by atoms with Gasteiger partial charge in [0.2, 0.25) is 0 Å². The number of benzene rings is 1. The fourth-order valence-electron chi connectivity index (χ4n) is 1.35. The van der Waals surface area contributed by atoms with E-state index in [1.54, 1.807) is 30.3 Å². The van der Waals surface area contributed by atoms with Gasteiger partial charge < -0.3 is 5.11 Å². The molecule has 1 aromatic carbocycles. The highest BCUT2D eigenvalue weighted by atomic mass is 32.1. The third-order valence-electron chi connectivity index (χ3n) is 2.11. The molecule has 1 aromatic heterocycles. The molecule has 0 saturated carbocycles. The standard InChI is InChI=1S/C11H8N2O3S/c14-9-6-8(17)10(11(15)16)12-13(9)7-4-2-1-3-5-7/h1-6,17H,(H,15,16). The molecule has 6 heteroatoms. The number of rotatable bonds is 2. The summed E-state index contributed by atoms with van der Waals surface area (Å²) in [7, 11) is 0. The number of hydrogen-bond acceptors (Lipinski definition) is 4. The van der Waals surface area contributed by atoms with Crippen molar-refractivity contribution in [2.24, 2.45) is 0 Å². The van der Waals surface area contributed by atoms with Gasteiger partial charge in [-0.1, -0.05) is 18.2 Å². The van der Waals surface area contributed by atoms with Crippen LogP contribution in [0.2, 0.25) is 0 Å². The van der Waals surface area contributed by atoms with Gasteiger partial charge in [-0.25, -0.2) is 4.79 Å². The lowest BCUT2D eigenvalue weighted by Gasteiger charge is -2.06. The van der Waals surface area contributed by atoms with Crippen molar-refractivity contribution in [2.75, 3.05) is 0 Å². The van der Waals surface area contributed by atoms with Gasteiger partial charge in [0.05, 0.1) is 5.69 Å². The molecule has 0 amide bonds. The Morgan fingerprint density at radius 1 is 1.29 bits per heavy atom. The molecule has 0 radical (unpaired) electrons. The first-order valence-corrected chi connectivity index (χ1v) is 5.16. The first kappa shape index (κ1) is 11.4. The van der Waals surface area contributed by atoms with Crippen molar-refractivity contribution in [3.05, 3.63) is 52.4 Å². The van der Waals surface area contributed by atoms with E-state index in [0.717, 1.165) is 10.7 Å². The third-order valence-corrected chi connectivity index (χ3v) is 2.46. The molecular weight excluding hydrogens is 240 g/mol. The zero-order chi connectivity index (χ0) is 12.4. The van der Waals surface area contributed by atoms with Crippen LogP contribution in [0.4, 0.5) is 0 Å². The van der Waals surface area contributed by atoms with Crippen molar-refractivity contribution >= 4 is 18.6 Å². The fraction of sp³-hybridized carbons (Fsp3) is 0. The molecule has 2 aromatic rings. The molecule has 2 rings (SSSR count). The van der Waals surface area contributed by atoms with Gasteiger partial charge in [-0.15, -0.1) is 12.6 Å². The second kappa shape index (κ2) is 4.42. The van der Waals surface area contributed by atoms with Crippen LogP contribution in [-0.4, -0.2) is 20.9 Å². The zero-order valence-corrected chi connectivity index (χ0v) is 9.46. The van der Waals surface area contributed by atoms with E-state index in [1.807, 2.05) is 0 Å². The second-order valence-corrected chi connectivity index (χ2v) is 3.75. The Balaban J connectivity index is 2.67. The van der Waals surface area contributed by atoms with Gasteiger partial charge in [-0.2, -0.15) is 9.78 Å². The average molecular weight is 248 g/mol. The molecule has 0 spiro atoms. The highest BCUT2D eigenvalue weighted by molar-refractivity contribution is 7.80. The molecule has 0 aliphatic heterocycles. The predicted molar refractivity (Wildman–Crippen MR) is 64.0 cm³/mol. The summed E-state index contributed by atoms with van der Waals surface area (Å²) >= 11 is 3.91. The Labute approximate surface area is 102 Å². The van der Waals surface area contributed by atoms with Crippen molar-refractivity contribution in [3.63, 3.8) is 0 Å². The molecule has 0 saturated heterocycles. The van der Waals surface area contributed by atoms with Gasteiger partial charge in [-0.05, 0) is 12.1 Å². The maximum atomic E-state index is 11.7. The topological polar surface area (TPSA) is 72.2 Å². The van der Waals surface area contributed by atoms with E-state index in [9.17, 15) is 9.59 Å². The summed E-state index contributed by atoms with van der Waals surface area (Å²) in [5.74, 6) is -1.22. The molecule has 0 aliphatic rings. The minimum Gasteiger partial charge on any atom is -0.476 e. The average Bonchev–Trinajstić information content (AvgIpc) is 2.29. The normalized spacial score (nSPS) is 10.2. The van der Waals surface area contributed by atoms with Crippen LogP contribution in [0.3, 0.4) is 0 Å². The van der Waals surface area contributed by atoms with Crippen LogP contribution < -0.4 is 5.56 Å². The Morgan fingerprint density at radius 3 is 2.53 bits per heavy atom. The Hall–Kier alpha value is -2.08. The summed E-state index contributed by atoms with van der Waals surface area (Å²) in [4.78, 5) is 22.6. The van der Waals surface area contributed by atoms with E-state index in [1.165, 1.54) is 0 Å². The summed E-state index contributed by atoms with van der Waals surface area (Å²) < 4.78 is 1.03. The number of aromatic nitrogens is 2.